The fourth-order valence-electron chi connectivity index (χ4n) is 4.21. The summed E-state index contributed by atoms with van der Waals surface area (Å²) in [6.07, 6.45) is 0. The van der Waals surface area contributed by atoms with E-state index >= 15 is 0 Å². The molecule has 5 aromatic rings. The molecule has 5 rings (SSSR count). The first-order chi connectivity index (χ1) is 14.0. The van der Waals surface area contributed by atoms with Crippen LogP contribution in [0, 0.1) is 0 Å². The maximum Gasteiger partial charge on any atom is 0.336 e. The third-order valence-corrected chi connectivity index (χ3v) is 5.65. The van der Waals surface area contributed by atoms with Gasteiger partial charge in [0.25, 0.3) is 5.56 Å². The summed E-state index contributed by atoms with van der Waals surface area (Å²) in [6, 6.07) is 15.6. The Morgan fingerprint density at radius 1 is 0.967 bits per heavy atom. The lowest BCUT2D eigenvalue weighted by molar-refractivity contribution is 0.376. The average molecular weight is 424 g/mol. The summed E-state index contributed by atoms with van der Waals surface area (Å²) >= 11 is 0. The van der Waals surface area contributed by atoms with Gasteiger partial charge in [0.2, 0.25) is 0 Å². The van der Waals surface area contributed by atoms with Crippen LogP contribution in [0.5, 0.6) is 5.75 Å². The van der Waals surface area contributed by atoms with Crippen LogP contribution in [-0.2, 0) is 6.54 Å². The summed E-state index contributed by atoms with van der Waals surface area (Å²) in [5, 5.41) is 4.50. The highest BCUT2D eigenvalue weighted by molar-refractivity contribution is 6.23. The Morgan fingerprint density at radius 2 is 1.70 bits per heavy atom. The molecule has 0 aliphatic carbocycles. The number of nitrogens with zero attached hydrogens (tertiary/aromatic N) is 3. The third-order valence-electron chi connectivity index (χ3n) is 5.65. The van der Waals surface area contributed by atoms with Gasteiger partial charge in [-0.1, -0.05) is 24.3 Å². The van der Waals surface area contributed by atoms with Crippen LogP contribution >= 0.6 is 12.4 Å². The maximum atomic E-state index is 13.4. The van der Waals surface area contributed by atoms with Gasteiger partial charge in [0.1, 0.15) is 5.75 Å². The van der Waals surface area contributed by atoms with Gasteiger partial charge in [-0.15, -0.1) is 12.4 Å². The smallest absolute Gasteiger partial charge is 0.336 e. The molecule has 0 aliphatic heterocycles. The highest BCUT2D eigenvalue weighted by atomic mass is 35.5. The van der Waals surface area contributed by atoms with Crippen molar-refractivity contribution in [1.82, 2.24) is 13.9 Å². The van der Waals surface area contributed by atoms with Crippen LogP contribution in [0.3, 0.4) is 0 Å². The fraction of sp³-hybridized carbons (Fsp3) is 0.217. The molecular formula is C23H22ClN3O3. The van der Waals surface area contributed by atoms with Gasteiger partial charge in [-0.3, -0.25) is 13.8 Å². The van der Waals surface area contributed by atoms with Crippen molar-refractivity contribution in [3.05, 3.63) is 69.4 Å². The molecule has 0 radical (unpaired) electrons. The Hall–Kier alpha value is -3.09. The number of halogens is 1. The molecule has 7 heteroatoms. The number of ether oxygens (including phenoxy) is 1. The number of para-hydroxylation sites is 1. The van der Waals surface area contributed by atoms with Gasteiger partial charge in [-0.25, -0.2) is 4.79 Å². The van der Waals surface area contributed by atoms with Crippen LogP contribution in [0.25, 0.3) is 38.0 Å². The van der Waals surface area contributed by atoms with Crippen molar-refractivity contribution in [1.29, 1.82) is 0 Å². The van der Waals surface area contributed by atoms with E-state index in [9.17, 15) is 9.59 Å². The number of rotatable bonds is 4. The molecule has 2 aromatic heterocycles. The van der Waals surface area contributed by atoms with Crippen molar-refractivity contribution in [2.75, 3.05) is 27.7 Å². The lowest BCUT2D eigenvalue weighted by Gasteiger charge is -2.12. The molecule has 2 heterocycles. The van der Waals surface area contributed by atoms with Crippen LogP contribution in [0.2, 0.25) is 0 Å². The maximum absolute atomic E-state index is 13.4. The summed E-state index contributed by atoms with van der Waals surface area (Å²) in [5.74, 6) is 0.756. The molecule has 6 nitrogen and oxygen atoms in total. The first-order valence-corrected chi connectivity index (χ1v) is 9.56. The molecule has 0 amide bonds. The Balaban J connectivity index is 0.00000218. The number of fused-ring (bicyclic) bond motifs is 5. The number of aromatic nitrogens is 2. The quantitative estimate of drug-likeness (QED) is 0.445. The van der Waals surface area contributed by atoms with Crippen molar-refractivity contribution >= 4 is 50.4 Å². The monoisotopic (exact) mass is 423 g/mol. The van der Waals surface area contributed by atoms with Crippen molar-refractivity contribution in [3.8, 4) is 5.75 Å². The van der Waals surface area contributed by atoms with Gasteiger partial charge in [-0.2, -0.15) is 0 Å². The number of hydrogen-bond donors (Lipinski definition) is 0. The zero-order valence-electron chi connectivity index (χ0n) is 17.0. The van der Waals surface area contributed by atoms with Crippen LogP contribution < -0.4 is 16.0 Å². The molecule has 0 atom stereocenters. The molecule has 154 valence electrons. The van der Waals surface area contributed by atoms with Crippen molar-refractivity contribution < 1.29 is 4.74 Å². The van der Waals surface area contributed by atoms with E-state index in [1.165, 1.54) is 4.57 Å². The lowest BCUT2D eigenvalue weighted by Crippen LogP contribution is -2.39. The fourth-order valence-corrected chi connectivity index (χ4v) is 4.21. The van der Waals surface area contributed by atoms with E-state index in [4.69, 9.17) is 4.74 Å². The van der Waals surface area contributed by atoms with E-state index in [0.717, 1.165) is 32.8 Å². The van der Waals surface area contributed by atoms with Crippen LogP contribution in [0.15, 0.2) is 58.1 Å². The van der Waals surface area contributed by atoms with Gasteiger partial charge >= 0.3 is 5.69 Å². The summed E-state index contributed by atoms with van der Waals surface area (Å²) in [4.78, 5) is 28.5. The molecule has 0 saturated carbocycles. The van der Waals surface area contributed by atoms with E-state index in [1.807, 2.05) is 61.5 Å². The summed E-state index contributed by atoms with van der Waals surface area (Å²) in [5.41, 5.74) is 0.965. The first kappa shape index (κ1) is 20.2. The van der Waals surface area contributed by atoms with Crippen molar-refractivity contribution in [2.45, 2.75) is 6.54 Å². The van der Waals surface area contributed by atoms with Gasteiger partial charge in [-0.05, 0) is 49.1 Å². The standard InChI is InChI=1S/C23H21N3O3.ClH/c1-24(2)11-12-25-22(27)17-6-4-5-16-20-18-13-15(29-3)9-7-14(18)8-10-19(20)26(21(16)17)23(25)28;/h4-10,13H,11-12H2,1-3H3;1H. The van der Waals surface area contributed by atoms with E-state index in [1.54, 1.807) is 17.6 Å². The number of benzene rings is 3. The Morgan fingerprint density at radius 3 is 2.43 bits per heavy atom. The predicted molar refractivity (Wildman–Crippen MR) is 124 cm³/mol. The molecular weight excluding hydrogens is 402 g/mol. The summed E-state index contributed by atoms with van der Waals surface area (Å²) < 4.78 is 8.46. The second-order valence-corrected chi connectivity index (χ2v) is 7.63. The first-order valence-electron chi connectivity index (χ1n) is 9.56. The molecule has 0 N–H and O–H groups in total. The van der Waals surface area contributed by atoms with Crippen molar-refractivity contribution in [3.63, 3.8) is 0 Å². The van der Waals surface area contributed by atoms with E-state index < -0.39 is 0 Å². The number of methoxy groups -OCH3 is 1. The molecule has 30 heavy (non-hydrogen) atoms. The number of likely N-dealkylation sites (N-methyl/N-ethyl adjacent to an activating group) is 1. The lowest BCUT2D eigenvalue weighted by atomic mass is 10.0. The highest BCUT2D eigenvalue weighted by Gasteiger charge is 2.20. The van der Waals surface area contributed by atoms with Gasteiger partial charge < -0.3 is 9.64 Å². The average Bonchev–Trinajstić information content (AvgIpc) is 3.07. The third kappa shape index (κ3) is 2.75. The van der Waals surface area contributed by atoms with Gasteiger partial charge in [0, 0.05) is 23.9 Å². The Labute approximate surface area is 178 Å². The van der Waals surface area contributed by atoms with Gasteiger partial charge in [0.05, 0.1) is 23.5 Å². The minimum absolute atomic E-state index is 0. The normalized spacial score (nSPS) is 11.7. The zero-order valence-corrected chi connectivity index (χ0v) is 17.8. The second-order valence-electron chi connectivity index (χ2n) is 7.63. The minimum atomic E-state index is -0.294. The molecule has 0 spiro atoms. The number of hydrogen-bond acceptors (Lipinski definition) is 4. The molecule has 0 aliphatic rings. The molecule has 0 saturated heterocycles. The molecule has 0 fully saturated rings. The zero-order chi connectivity index (χ0) is 20.3. The van der Waals surface area contributed by atoms with Crippen LogP contribution in [0.1, 0.15) is 0 Å². The SMILES string of the molecule is COc1ccc2ccc3c(c2c1)c1cccc2c(=O)n(CCN(C)C)c(=O)n3c21.Cl. The minimum Gasteiger partial charge on any atom is -0.497 e. The Kier molecular flexibility index (Phi) is 4.92. The van der Waals surface area contributed by atoms with Crippen molar-refractivity contribution in [2.24, 2.45) is 0 Å². The van der Waals surface area contributed by atoms with Crippen LogP contribution in [-0.4, -0.2) is 41.6 Å². The van der Waals surface area contributed by atoms with Gasteiger partial charge in [0.15, 0.2) is 0 Å². The predicted octanol–water partition coefficient (Wildman–Crippen LogP) is 3.35. The topological polar surface area (TPSA) is 56.0 Å². The van der Waals surface area contributed by atoms with E-state index in [-0.39, 0.29) is 23.7 Å². The molecule has 3 aromatic carbocycles. The molecule has 0 unspecified atom stereocenters. The van der Waals surface area contributed by atoms with E-state index in [2.05, 4.69) is 0 Å². The largest absolute Gasteiger partial charge is 0.497 e. The highest BCUT2D eigenvalue weighted by Crippen LogP contribution is 2.36. The van der Waals surface area contributed by atoms with E-state index in [0.29, 0.717) is 24.0 Å². The summed E-state index contributed by atoms with van der Waals surface area (Å²) in [6.45, 7) is 0.962. The second kappa shape index (κ2) is 7.31. The molecule has 0 bridgehead atoms. The summed E-state index contributed by atoms with van der Waals surface area (Å²) in [7, 11) is 5.49. The van der Waals surface area contributed by atoms with Crippen LogP contribution in [0.4, 0.5) is 0 Å². The Bertz CT molecular complexity index is 1520.